The Kier molecular flexibility index (Phi) is 8.30. The van der Waals surface area contributed by atoms with Crippen LogP contribution in [0, 0.1) is 0 Å². The van der Waals surface area contributed by atoms with Crippen molar-refractivity contribution in [3.8, 4) is 0 Å². The molecule has 1 aromatic rings. The van der Waals surface area contributed by atoms with Crippen LogP contribution in [0.25, 0.3) is 0 Å². The molecule has 7 nitrogen and oxygen atoms in total. The zero-order valence-electron chi connectivity index (χ0n) is 14.6. The Bertz CT molecular complexity index is 660. The molecule has 25 heavy (non-hydrogen) atoms. The quantitative estimate of drug-likeness (QED) is 0.740. The fourth-order valence-corrected chi connectivity index (χ4v) is 3.24. The number of halogens is 1. The number of carbonyl (C=O) groups is 1. The molecule has 0 aromatic heterocycles. The Morgan fingerprint density at radius 1 is 1.28 bits per heavy atom. The van der Waals surface area contributed by atoms with Crippen LogP contribution in [-0.4, -0.2) is 63.9 Å². The Morgan fingerprint density at radius 2 is 1.84 bits per heavy atom. The SMILES string of the molecule is CC(c1ccc(S(N)(=O)=O)cc1)N(C)CCC(=O)N1CCNCC1.Cl. The van der Waals surface area contributed by atoms with E-state index in [0.717, 1.165) is 31.7 Å². The van der Waals surface area contributed by atoms with E-state index in [2.05, 4.69) is 10.2 Å². The average Bonchev–Trinajstić information content (AvgIpc) is 2.58. The summed E-state index contributed by atoms with van der Waals surface area (Å²) in [5.74, 6) is 0.181. The van der Waals surface area contributed by atoms with Crippen molar-refractivity contribution in [1.29, 1.82) is 0 Å². The minimum absolute atomic E-state index is 0. The second kappa shape index (κ2) is 9.49. The third kappa shape index (κ3) is 6.23. The highest BCUT2D eigenvalue weighted by atomic mass is 35.5. The maximum Gasteiger partial charge on any atom is 0.238 e. The number of hydrogen-bond acceptors (Lipinski definition) is 5. The van der Waals surface area contributed by atoms with Crippen LogP contribution in [0.1, 0.15) is 24.9 Å². The van der Waals surface area contributed by atoms with Gasteiger partial charge in [-0.2, -0.15) is 0 Å². The largest absolute Gasteiger partial charge is 0.340 e. The van der Waals surface area contributed by atoms with Gasteiger partial charge in [-0.15, -0.1) is 12.4 Å². The Balaban J connectivity index is 0.00000312. The normalized spacial score (nSPS) is 16.4. The van der Waals surface area contributed by atoms with E-state index in [1.165, 1.54) is 12.1 Å². The number of piperazine rings is 1. The molecule has 0 radical (unpaired) electrons. The summed E-state index contributed by atoms with van der Waals surface area (Å²) >= 11 is 0. The first-order chi connectivity index (χ1) is 11.3. The van der Waals surface area contributed by atoms with Crippen molar-refractivity contribution in [3.05, 3.63) is 29.8 Å². The van der Waals surface area contributed by atoms with Crippen LogP contribution in [0.15, 0.2) is 29.2 Å². The number of benzene rings is 1. The molecule has 0 spiro atoms. The van der Waals surface area contributed by atoms with Crippen molar-refractivity contribution in [2.24, 2.45) is 5.14 Å². The highest BCUT2D eigenvalue weighted by Gasteiger charge is 2.18. The second-order valence-electron chi connectivity index (χ2n) is 6.15. The van der Waals surface area contributed by atoms with E-state index < -0.39 is 10.0 Å². The van der Waals surface area contributed by atoms with Gasteiger partial charge < -0.3 is 10.2 Å². The number of primary sulfonamides is 1. The Hall–Kier alpha value is -1.19. The molecule has 1 aliphatic heterocycles. The standard InChI is InChI=1S/C16H26N4O3S.ClH/c1-13(14-3-5-15(6-4-14)24(17,22)23)19(2)10-7-16(21)20-11-8-18-9-12-20;/h3-6,13,18H,7-12H2,1-2H3,(H2,17,22,23);1H. The number of hydrogen-bond donors (Lipinski definition) is 2. The number of nitrogens with two attached hydrogens (primary N) is 1. The first-order valence-electron chi connectivity index (χ1n) is 8.10. The predicted octanol–water partition coefficient (Wildman–Crippen LogP) is 0.571. The summed E-state index contributed by atoms with van der Waals surface area (Å²) in [7, 11) is -1.71. The molecule has 1 amide bonds. The lowest BCUT2D eigenvalue weighted by molar-refractivity contribution is -0.132. The lowest BCUT2D eigenvalue weighted by Crippen LogP contribution is -2.47. The summed E-state index contributed by atoms with van der Waals surface area (Å²) in [6, 6.07) is 6.63. The van der Waals surface area contributed by atoms with Gasteiger partial charge in [-0.1, -0.05) is 12.1 Å². The predicted molar refractivity (Wildman–Crippen MR) is 100 cm³/mol. The summed E-state index contributed by atoms with van der Waals surface area (Å²) in [5.41, 5.74) is 0.986. The highest BCUT2D eigenvalue weighted by Crippen LogP contribution is 2.20. The van der Waals surface area contributed by atoms with Gasteiger partial charge in [0, 0.05) is 45.2 Å². The summed E-state index contributed by atoms with van der Waals surface area (Å²) in [6.45, 7) is 5.94. The van der Waals surface area contributed by atoms with Gasteiger partial charge in [0.25, 0.3) is 0 Å². The summed E-state index contributed by atoms with van der Waals surface area (Å²) < 4.78 is 22.6. The zero-order valence-corrected chi connectivity index (χ0v) is 16.3. The first kappa shape index (κ1) is 21.9. The molecule has 1 aliphatic rings. The molecule has 1 unspecified atom stereocenters. The molecular formula is C16H27ClN4O3S. The van der Waals surface area contributed by atoms with Crippen molar-refractivity contribution in [2.45, 2.75) is 24.3 Å². The van der Waals surface area contributed by atoms with Gasteiger partial charge in [0.1, 0.15) is 0 Å². The third-order valence-electron chi connectivity index (χ3n) is 4.50. The number of sulfonamides is 1. The lowest BCUT2D eigenvalue weighted by Gasteiger charge is -2.29. The monoisotopic (exact) mass is 390 g/mol. The maximum atomic E-state index is 12.2. The summed E-state index contributed by atoms with van der Waals surface area (Å²) in [6.07, 6.45) is 0.482. The van der Waals surface area contributed by atoms with Crippen LogP contribution in [0.3, 0.4) is 0 Å². The molecule has 1 aromatic carbocycles. The van der Waals surface area contributed by atoms with Gasteiger partial charge in [0.05, 0.1) is 4.90 Å². The topological polar surface area (TPSA) is 95.7 Å². The van der Waals surface area contributed by atoms with Gasteiger partial charge in [-0.05, 0) is 31.7 Å². The Labute approximate surface area is 156 Å². The molecule has 142 valence electrons. The molecule has 9 heteroatoms. The van der Waals surface area contributed by atoms with Crippen LogP contribution in [0.4, 0.5) is 0 Å². The number of nitrogens with one attached hydrogen (secondary N) is 1. The van der Waals surface area contributed by atoms with E-state index in [0.29, 0.717) is 13.0 Å². The number of carbonyl (C=O) groups excluding carboxylic acids is 1. The summed E-state index contributed by atoms with van der Waals surface area (Å²) in [4.78, 5) is 16.3. The van der Waals surface area contributed by atoms with Crippen molar-refractivity contribution in [3.63, 3.8) is 0 Å². The molecule has 1 atom stereocenters. The molecule has 3 N–H and O–H groups in total. The number of amides is 1. The van der Waals surface area contributed by atoms with E-state index in [9.17, 15) is 13.2 Å². The van der Waals surface area contributed by atoms with Gasteiger partial charge >= 0.3 is 0 Å². The van der Waals surface area contributed by atoms with E-state index >= 15 is 0 Å². The molecule has 1 saturated heterocycles. The van der Waals surface area contributed by atoms with Gasteiger partial charge in [0.2, 0.25) is 15.9 Å². The maximum absolute atomic E-state index is 12.2. The molecule has 1 fully saturated rings. The lowest BCUT2D eigenvalue weighted by atomic mass is 10.1. The fraction of sp³-hybridized carbons (Fsp3) is 0.562. The van der Waals surface area contributed by atoms with Crippen LogP contribution < -0.4 is 10.5 Å². The van der Waals surface area contributed by atoms with Crippen LogP contribution >= 0.6 is 12.4 Å². The molecular weight excluding hydrogens is 364 g/mol. The zero-order chi connectivity index (χ0) is 17.7. The Morgan fingerprint density at radius 3 is 2.36 bits per heavy atom. The minimum atomic E-state index is -3.67. The van der Waals surface area contributed by atoms with E-state index in [1.54, 1.807) is 12.1 Å². The van der Waals surface area contributed by atoms with Gasteiger partial charge in [0.15, 0.2) is 0 Å². The van der Waals surface area contributed by atoms with Crippen molar-refractivity contribution in [2.75, 3.05) is 39.8 Å². The van der Waals surface area contributed by atoms with Gasteiger partial charge in [-0.25, -0.2) is 13.6 Å². The summed E-state index contributed by atoms with van der Waals surface area (Å²) in [5, 5.41) is 8.34. The molecule has 0 bridgehead atoms. The van der Waals surface area contributed by atoms with E-state index in [4.69, 9.17) is 5.14 Å². The molecule has 1 heterocycles. The van der Waals surface area contributed by atoms with Crippen LogP contribution in [-0.2, 0) is 14.8 Å². The first-order valence-corrected chi connectivity index (χ1v) is 9.65. The molecule has 0 aliphatic carbocycles. The molecule has 2 rings (SSSR count). The molecule has 0 saturated carbocycles. The smallest absolute Gasteiger partial charge is 0.238 e. The van der Waals surface area contributed by atoms with E-state index in [-0.39, 0.29) is 29.3 Å². The van der Waals surface area contributed by atoms with Gasteiger partial charge in [-0.3, -0.25) is 9.69 Å². The third-order valence-corrected chi connectivity index (χ3v) is 5.43. The minimum Gasteiger partial charge on any atom is -0.340 e. The van der Waals surface area contributed by atoms with Crippen molar-refractivity contribution < 1.29 is 13.2 Å². The average molecular weight is 391 g/mol. The van der Waals surface area contributed by atoms with Crippen molar-refractivity contribution in [1.82, 2.24) is 15.1 Å². The number of rotatable bonds is 6. The number of nitrogens with zero attached hydrogens (tertiary/aromatic N) is 2. The fourth-order valence-electron chi connectivity index (χ4n) is 2.73. The van der Waals surface area contributed by atoms with Crippen LogP contribution in [0.2, 0.25) is 0 Å². The van der Waals surface area contributed by atoms with Crippen molar-refractivity contribution >= 4 is 28.3 Å². The second-order valence-corrected chi connectivity index (χ2v) is 7.71. The van der Waals surface area contributed by atoms with E-state index in [1.807, 2.05) is 18.9 Å². The highest BCUT2D eigenvalue weighted by molar-refractivity contribution is 7.89. The van der Waals surface area contributed by atoms with Crippen LogP contribution in [0.5, 0.6) is 0 Å².